The van der Waals surface area contributed by atoms with Gasteiger partial charge in [-0.3, -0.25) is 10.1 Å². The minimum absolute atomic E-state index is 0.154. The lowest BCUT2D eigenvalue weighted by molar-refractivity contribution is -0.384. The zero-order chi connectivity index (χ0) is 12.8. The maximum Gasteiger partial charge on any atom is 0.292 e. The van der Waals surface area contributed by atoms with Crippen molar-refractivity contribution in [2.24, 2.45) is 0 Å². The van der Waals surface area contributed by atoms with Crippen LogP contribution in [-0.2, 0) is 0 Å². The summed E-state index contributed by atoms with van der Waals surface area (Å²) in [5, 5.41) is 14.6. The summed E-state index contributed by atoms with van der Waals surface area (Å²) < 4.78 is 0. The zero-order valence-corrected chi connectivity index (χ0v) is 11.2. The van der Waals surface area contributed by atoms with Crippen LogP contribution in [0.3, 0.4) is 0 Å². The Morgan fingerprint density at radius 3 is 2.82 bits per heavy atom. The Hall–Kier alpha value is -1.23. The average Bonchev–Trinajstić information content (AvgIpc) is 2.30. The van der Waals surface area contributed by atoms with E-state index in [-0.39, 0.29) is 10.6 Å². The van der Waals surface area contributed by atoms with Gasteiger partial charge in [-0.05, 0) is 25.2 Å². The van der Waals surface area contributed by atoms with E-state index < -0.39 is 0 Å². The zero-order valence-electron chi connectivity index (χ0n) is 10.4. The lowest BCUT2D eigenvalue weighted by Gasteiger charge is -2.12. The largest absolute Gasteiger partial charge is 0.379 e. The van der Waals surface area contributed by atoms with Crippen molar-refractivity contribution in [2.45, 2.75) is 25.5 Å². The van der Waals surface area contributed by atoms with E-state index in [4.69, 9.17) is 0 Å². The number of nitro groups is 1. The fourth-order valence-electron chi connectivity index (χ4n) is 1.55. The lowest BCUT2D eigenvalue weighted by atomic mass is 10.1. The molecule has 0 heterocycles. The molecule has 4 nitrogen and oxygen atoms in total. The quantitative estimate of drug-likeness (QED) is 0.624. The molecule has 94 valence electrons. The summed E-state index contributed by atoms with van der Waals surface area (Å²) in [7, 11) is 0. The first kappa shape index (κ1) is 13.8. The van der Waals surface area contributed by atoms with Crippen LogP contribution in [0, 0.1) is 17.0 Å². The SMILES string of the molecule is CSC(C)CCNc1c(C)cccc1[N+](=O)[O-]. The molecule has 0 aliphatic carbocycles. The van der Waals surface area contributed by atoms with Crippen molar-refractivity contribution < 1.29 is 4.92 Å². The van der Waals surface area contributed by atoms with Gasteiger partial charge in [-0.25, -0.2) is 0 Å². The van der Waals surface area contributed by atoms with Gasteiger partial charge in [0.1, 0.15) is 5.69 Å². The molecule has 1 atom stereocenters. The first-order valence-corrected chi connectivity index (χ1v) is 6.85. The van der Waals surface area contributed by atoms with Gasteiger partial charge in [0.25, 0.3) is 5.69 Å². The van der Waals surface area contributed by atoms with Crippen LogP contribution >= 0.6 is 11.8 Å². The second-order valence-electron chi connectivity index (χ2n) is 3.99. The molecule has 5 heteroatoms. The lowest BCUT2D eigenvalue weighted by Crippen LogP contribution is -2.10. The van der Waals surface area contributed by atoms with Gasteiger partial charge in [-0.2, -0.15) is 11.8 Å². The van der Waals surface area contributed by atoms with Crippen molar-refractivity contribution in [3.8, 4) is 0 Å². The first-order chi connectivity index (χ1) is 8.06. The summed E-state index contributed by atoms with van der Waals surface area (Å²) in [6.45, 7) is 4.79. The van der Waals surface area contributed by atoms with Gasteiger partial charge in [0.2, 0.25) is 0 Å². The van der Waals surface area contributed by atoms with Crippen LogP contribution in [0.4, 0.5) is 11.4 Å². The molecule has 1 unspecified atom stereocenters. The highest BCUT2D eigenvalue weighted by Gasteiger charge is 2.14. The van der Waals surface area contributed by atoms with Crippen molar-refractivity contribution in [1.82, 2.24) is 0 Å². The van der Waals surface area contributed by atoms with E-state index in [0.717, 1.165) is 18.5 Å². The summed E-state index contributed by atoms with van der Waals surface area (Å²) in [6, 6.07) is 5.13. The number of thioether (sulfide) groups is 1. The smallest absolute Gasteiger partial charge is 0.292 e. The molecule has 17 heavy (non-hydrogen) atoms. The maximum absolute atomic E-state index is 10.9. The predicted molar refractivity (Wildman–Crippen MR) is 73.9 cm³/mol. The topological polar surface area (TPSA) is 55.2 Å². The number of nitrogens with one attached hydrogen (secondary N) is 1. The van der Waals surface area contributed by atoms with Gasteiger partial charge in [-0.15, -0.1) is 0 Å². The maximum atomic E-state index is 10.9. The molecule has 1 N–H and O–H groups in total. The Morgan fingerprint density at radius 2 is 2.24 bits per heavy atom. The molecule has 0 saturated heterocycles. The third kappa shape index (κ3) is 3.93. The van der Waals surface area contributed by atoms with E-state index >= 15 is 0 Å². The van der Waals surface area contributed by atoms with E-state index in [1.807, 2.05) is 13.0 Å². The summed E-state index contributed by atoms with van der Waals surface area (Å²) in [6.07, 6.45) is 3.06. The molecule has 0 spiro atoms. The van der Waals surface area contributed by atoms with Gasteiger partial charge in [-0.1, -0.05) is 19.1 Å². The van der Waals surface area contributed by atoms with Crippen LogP contribution < -0.4 is 5.32 Å². The van der Waals surface area contributed by atoms with Gasteiger partial charge in [0, 0.05) is 17.9 Å². The van der Waals surface area contributed by atoms with Crippen molar-refractivity contribution in [2.75, 3.05) is 18.1 Å². The fraction of sp³-hybridized carbons (Fsp3) is 0.500. The summed E-state index contributed by atoms with van der Waals surface area (Å²) in [5.41, 5.74) is 1.71. The molecule has 0 aliphatic heterocycles. The Bertz CT molecular complexity index is 396. The number of aryl methyl sites for hydroxylation is 1. The molecule has 0 fully saturated rings. The van der Waals surface area contributed by atoms with Crippen molar-refractivity contribution >= 4 is 23.1 Å². The third-order valence-corrected chi connectivity index (χ3v) is 3.74. The average molecular weight is 254 g/mol. The number of nitrogens with zero attached hydrogens (tertiary/aromatic N) is 1. The van der Waals surface area contributed by atoms with Gasteiger partial charge in [0.15, 0.2) is 0 Å². The minimum atomic E-state index is -0.340. The number of para-hydroxylation sites is 1. The van der Waals surface area contributed by atoms with E-state index in [2.05, 4.69) is 18.5 Å². The standard InChI is InChI=1S/C12H18N2O2S/c1-9-5-4-6-11(14(15)16)12(9)13-8-7-10(2)17-3/h4-6,10,13H,7-8H2,1-3H3. The monoisotopic (exact) mass is 254 g/mol. The third-order valence-electron chi connectivity index (χ3n) is 2.70. The van der Waals surface area contributed by atoms with Gasteiger partial charge in [0.05, 0.1) is 4.92 Å². The molecule has 0 radical (unpaired) electrons. The Morgan fingerprint density at radius 1 is 1.53 bits per heavy atom. The van der Waals surface area contributed by atoms with E-state index in [0.29, 0.717) is 10.9 Å². The summed E-state index contributed by atoms with van der Waals surface area (Å²) in [4.78, 5) is 10.5. The molecule has 1 aromatic rings. The second-order valence-corrected chi connectivity index (χ2v) is 5.26. The molecule has 0 aromatic heterocycles. The highest BCUT2D eigenvalue weighted by Crippen LogP contribution is 2.27. The molecule has 1 rings (SSSR count). The summed E-state index contributed by atoms with van der Waals surface area (Å²) >= 11 is 1.80. The Kier molecular flexibility index (Phi) is 5.28. The molecule has 0 bridgehead atoms. The van der Waals surface area contributed by atoms with Crippen molar-refractivity contribution in [3.05, 3.63) is 33.9 Å². The van der Waals surface area contributed by atoms with Gasteiger partial charge >= 0.3 is 0 Å². The number of anilines is 1. The molecular formula is C12H18N2O2S. The molecule has 0 amide bonds. The van der Waals surface area contributed by atoms with E-state index in [1.165, 1.54) is 6.07 Å². The van der Waals surface area contributed by atoms with Crippen molar-refractivity contribution in [1.29, 1.82) is 0 Å². The predicted octanol–water partition coefficient (Wildman–Crippen LogP) is 3.46. The number of rotatable bonds is 6. The van der Waals surface area contributed by atoms with Crippen LogP contribution in [0.25, 0.3) is 0 Å². The normalized spacial score (nSPS) is 12.2. The fourth-order valence-corrected chi connectivity index (χ4v) is 1.91. The first-order valence-electron chi connectivity index (χ1n) is 5.57. The molecule has 1 aromatic carbocycles. The second kappa shape index (κ2) is 6.49. The van der Waals surface area contributed by atoms with Crippen molar-refractivity contribution in [3.63, 3.8) is 0 Å². The minimum Gasteiger partial charge on any atom is -0.379 e. The van der Waals surface area contributed by atoms with Crippen LogP contribution in [0.15, 0.2) is 18.2 Å². The number of nitro benzene ring substituents is 1. The van der Waals surface area contributed by atoms with E-state index in [9.17, 15) is 10.1 Å². The Labute approximate surface area is 106 Å². The highest BCUT2D eigenvalue weighted by molar-refractivity contribution is 7.99. The van der Waals surface area contributed by atoms with Crippen LogP contribution in [0.1, 0.15) is 18.9 Å². The number of hydrogen-bond acceptors (Lipinski definition) is 4. The molecule has 0 aliphatic rings. The van der Waals surface area contributed by atoms with Crippen LogP contribution in [0.5, 0.6) is 0 Å². The highest BCUT2D eigenvalue weighted by atomic mass is 32.2. The van der Waals surface area contributed by atoms with Crippen LogP contribution in [0.2, 0.25) is 0 Å². The summed E-state index contributed by atoms with van der Waals surface area (Å²) in [5.74, 6) is 0. The van der Waals surface area contributed by atoms with E-state index in [1.54, 1.807) is 17.8 Å². The number of benzene rings is 1. The molecular weight excluding hydrogens is 236 g/mol. The van der Waals surface area contributed by atoms with Crippen LogP contribution in [-0.4, -0.2) is 23.0 Å². The Balaban J connectivity index is 2.72. The number of hydrogen-bond donors (Lipinski definition) is 1. The van der Waals surface area contributed by atoms with Gasteiger partial charge < -0.3 is 5.32 Å². The molecule has 0 saturated carbocycles.